The van der Waals surface area contributed by atoms with Crippen LogP contribution in [-0.4, -0.2) is 28.7 Å². The van der Waals surface area contributed by atoms with Crippen LogP contribution < -0.4 is 10.1 Å². The van der Waals surface area contributed by atoms with Crippen LogP contribution in [0.4, 0.5) is 0 Å². The summed E-state index contributed by atoms with van der Waals surface area (Å²) in [5.41, 5.74) is 2.90. The maximum atomic E-state index is 11.4. The fourth-order valence-electron chi connectivity index (χ4n) is 3.67. The van der Waals surface area contributed by atoms with Crippen molar-refractivity contribution < 1.29 is 19.1 Å². The fraction of sp³-hybridized carbons (Fsp3) is 0.280. The smallest absolute Gasteiger partial charge is 0.321 e. The highest BCUT2D eigenvalue weighted by molar-refractivity contribution is 5.73. The molecule has 0 saturated heterocycles. The third kappa shape index (κ3) is 5.22. The first kappa shape index (κ1) is 20.9. The van der Waals surface area contributed by atoms with E-state index in [0.29, 0.717) is 25.3 Å². The summed E-state index contributed by atoms with van der Waals surface area (Å²) in [4.78, 5) is 16.0. The largest absolute Gasteiger partial charge is 0.493 e. The van der Waals surface area contributed by atoms with Crippen LogP contribution in [-0.2, 0) is 11.2 Å². The van der Waals surface area contributed by atoms with E-state index in [9.17, 15) is 9.90 Å². The molecule has 0 aliphatic carbocycles. The first-order chi connectivity index (χ1) is 15.1. The van der Waals surface area contributed by atoms with Crippen molar-refractivity contribution in [3.8, 4) is 17.2 Å². The molecule has 1 aliphatic heterocycles. The highest BCUT2D eigenvalue weighted by atomic mass is 16.5. The Morgan fingerprint density at radius 2 is 1.87 bits per heavy atom. The molecule has 0 bridgehead atoms. The van der Waals surface area contributed by atoms with Crippen molar-refractivity contribution in [2.24, 2.45) is 0 Å². The molecule has 6 heteroatoms. The van der Waals surface area contributed by atoms with Gasteiger partial charge in [-0.3, -0.25) is 10.1 Å². The average molecular weight is 418 g/mol. The molecule has 0 spiro atoms. The van der Waals surface area contributed by atoms with Crippen molar-refractivity contribution in [1.82, 2.24) is 10.3 Å². The third-order valence-electron chi connectivity index (χ3n) is 5.41. The zero-order chi connectivity index (χ0) is 21.6. The van der Waals surface area contributed by atoms with E-state index >= 15 is 0 Å². The van der Waals surface area contributed by atoms with Crippen molar-refractivity contribution in [3.63, 3.8) is 0 Å². The molecule has 160 valence electrons. The molecule has 0 unspecified atom stereocenters. The van der Waals surface area contributed by atoms with E-state index < -0.39 is 12.0 Å². The number of aryl methyl sites for hydroxylation is 1. The lowest BCUT2D eigenvalue weighted by Gasteiger charge is -2.20. The number of oxazole rings is 1. The Hall–Kier alpha value is -3.38. The molecule has 1 aliphatic rings. The maximum Gasteiger partial charge on any atom is 0.321 e. The van der Waals surface area contributed by atoms with Crippen molar-refractivity contribution >= 4 is 5.97 Å². The molecule has 3 aromatic rings. The number of ether oxygens (including phenoxy) is 1. The number of nitrogens with one attached hydrogen (secondary N) is 1. The lowest BCUT2D eigenvalue weighted by Crippen LogP contribution is -2.37. The van der Waals surface area contributed by atoms with Gasteiger partial charge in [-0.15, -0.1) is 0 Å². The van der Waals surface area contributed by atoms with Gasteiger partial charge < -0.3 is 14.3 Å². The molecule has 2 atom stereocenters. The van der Waals surface area contributed by atoms with E-state index in [2.05, 4.69) is 10.3 Å². The van der Waals surface area contributed by atoms with Gasteiger partial charge in [-0.05, 0) is 49.6 Å². The molecule has 2 aromatic carbocycles. The summed E-state index contributed by atoms with van der Waals surface area (Å²) in [7, 11) is 0. The Morgan fingerprint density at radius 1 is 1.13 bits per heavy atom. The molecule has 0 saturated carbocycles. The highest BCUT2D eigenvalue weighted by Gasteiger charge is 2.23. The van der Waals surface area contributed by atoms with Gasteiger partial charge in [0.2, 0.25) is 5.89 Å². The Morgan fingerprint density at radius 3 is 2.61 bits per heavy atom. The minimum Gasteiger partial charge on any atom is -0.493 e. The van der Waals surface area contributed by atoms with E-state index in [-0.39, 0.29) is 6.04 Å². The monoisotopic (exact) mass is 418 g/mol. The average Bonchev–Trinajstić information content (AvgIpc) is 2.99. The van der Waals surface area contributed by atoms with Gasteiger partial charge in [0.1, 0.15) is 17.6 Å². The maximum absolute atomic E-state index is 11.4. The first-order valence-electron chi connectivity index (χ1n) is 10.5. The number of aromatic nitrogens is 1. The van der Waals surface area contributed by atoms with Crippen molar-refractivity contribution in [2.45, 2.75) is 38.3 Å². The second-order valence-corrected chi connectivity index (χ2v) is 7.61. The molecule has 2 N–H and O–H groups in total. The molecule has 0 radical (unpaired) electrons. The fourth-order valence-corrected chi connectivity index (χ4v) is 3.67. The van der Waals surface area contributed by atoms with E-state index in [4.69, 9.17) is 9.15 Å². The summed E-state index contributed by atoms with van der Waals surface area (Å²) in [5.74, 6) is 1.38. The molecule has 1 aromatic heterocycles. The summed E-state index contributed by atoms with van der Waals surface area (Å²) < 4.78 is 11.7. The van der Waals surface area contributed by atoms with Crippen molar-refractivity contribution in [3.05, 3.63) is 83.8 Å². The zero-order valence-corrected chi connectivity index (χ0v) is 17.5. The van der Waals surface area contributed by atoms with Gasteiger partial charge in [0.15, 0.2) is 0 Å². The van der Waals surface area contributed by atoms with Gasteiger partial charge in [0.25, 0.3) is 0 Å². The summed E-state index contributed by atoms with van der Waals surface area (Å²) >= 11 is 0. The number of benzene rings is 2. The topological polar surface area (TPSA) is 84.6 Å². The summed E-state index contributed by atoms with van der Waals surface area (Å²) in [5, 5.41) is 12.5. The first-order valence-corrected chi connectivity index (χ1v) is 10.5. The molecule has 4 rings (SSSR count). The van der Waals surface area contributed by atoms with Crippen LogP contribution in [0.15, 0.2) is 71.2 Å². The third-order valence-corrected chi connectivity index (χ3v) is 5.41. The molecule has 31 heavy (non-hydrogen) atoms. The number of carbonyl (C=O) groups is 1. The van der Waals surface area contributed by atoms with Gasteiger partial charge in [-0.25, -0.2) is 4.98 Å². The van der Waals surface area contributed by atoms with E-state index in [1.165, 1.54) is 0 Å². The number of rotatable bonds is 7. The minimum atomic E-state index is -0.824. The normalized spacial score (nSPS) is 18.5. The van der Waals surface area contributed by atoms with Crippen LogP contribution in [0, 0.1) is 6.92 Å². The predicted molar refractivity (Wildman–Crippen MR) is 118 cm³/mol. The van der Waals surface area contributed by atoms with Crippen LogP contribution in [0.2, 0.25) is 0 Å². The number of aliphatic carboxylic acids is 1. The molecular formula is C25H26N2O4. The summed E-state index contributed by atoms with van der Waals surface area (Å²) in [6.07, 6.45) is 5.88. The molecule has 0 amide bonds. The number of carboxylic acid groups (broad SMARTS) is 1. The van der Waals surface area contributed by atoms with Crippen LogP contribution >= 0.6 is 0 Å². The Kier molecular flexibility index (Phi) is 6.48. The van der Waals surface area contributed by atoms with Gasteiger partial charge in [0, 0.05) is 18.0 Å². The van der Waals surface area contributed by atoms with Gasteiger partial charge >= 0.3 is 5.97 Å². The van der Waals surface area contributed by atoms with Crippen LogP contribution in [0.25, 0.3) is 11.5 Å². The predicted octanol–water partition coefficient (Wildman–Crippen LogP) is 4.71. The second-order valence-electron chi connectivity index (χ2n) is 7.61. The molecule has 6 nitrogen and oxygen atoms in total. The van der Waals surface area contributed by atoms with Gasteiger partial charge in [-0.2, -0.15) is 0 Å². The van der Waals surface area contributed by atoms with E-state index in [1.54, 1.807) is 0 Å². The quantitative estimate of drug-likeness (QED) is 0.541. The lowest BCUT2D eigenvalue weighted by molar-refractivity contribution is -0.139. The SMILES string of the molecule is Cc1oc(-c2ccccc2)nc1CCOc1ccc([C@@H]2CC=CC[C@@H](C(=O)O)N2)cc1. The highest BCUT2D eigenvalue weighted by Crippen LogP contribution is 2.25. The van der Waals surface area contributed by atoms with Crippen LogP contribution in [0.1, 0.15) is 35.9 Å². The van der Waals surface area contributed by atoms with Crippen molar-refractivity contribution in [2.75, 3.05) is 6.61 Å². The number of hydrogen-bond acceptors (Lipinski definition) is 5. The Bertz CT molecular complexity index is 1040. The molecular weight excluding hydrogens is 392 g/mol. The van der Waals surface area contributed by atoms with Gasteiger partial charge in [-0.1, -0.05) is 42.5 Å². The lowest BCUT2D eigenvalue weighted by atomic mass is 10.0. The Balaban J connectivity index is 1.33. The number of hydrogen-bond donors (Lipinski definition) is 2. The standard InChI is InChI=1S/C25H26N2O4/c1-17-21(27-24(31-17)19-7-3-2-4-8-19)15-16-30-20-13-11-18(12-14-20)22-9-5-6-10-23(26-22)25(28)29/h2-8,11-14,22-23,26H,9-10,15-16H2,1H3,(H,28,29)/t22-,23-/m0/s1. The van der Waals surface area contributed by atoms with Gasteiger partial charge in [0.05, 0.1) is 12.3 Å². The van der Waals surface area contributed by atoms with E-state index in [1.807, 2.05) is 73.7 Å². The minimum absolute atomic E-state index is 0.0249. The van der Waals surface area contributed by atoms with Crippen molar-refractivity contribution in [1.29, 1.82) is 0 Å². The molecule has 2 heterocycles. The zero-order valence-electron chi connectivity index (χ0n) is 17.5. The second kappa shape index (κ2) is 9.62. The van der Waals surface area contributed by atoms with Crippen LogP contribution in [0.5, 0.6) is 5.75 Å². The Labute approximate surface area is 181 Å². The summed E-state index contributed by atoms with van der Waals surface area (Å²) in [6.45, 7) is 2.41. The number of carboxylic acids is 1. The number of nitrogens with zero attached hydrogens (tertiary/aromatic N) is 1. The molecule has 0 fully saturated rings. The van der Waals surface area contributed by atoms with Crippen LogP contribution in [0.3, 0.4) is 0 Å². The summed E-state index contributed by atoms with van der Waals surface area (Å²) in [6, 6.07) is 17.1. The van der Waals surface area contributed by atoms with E-state index in [0.717, 1.165) is 34.8 Å².